The van der Waals surface area contributed by atoms with Gasteiger partial charge in [-0.3, -0.25) is 9.78 Å². The molecule has 2 aromatic carbocycles. The van der Waals surface area contributed by atoms with Crippen LogP contribution in [0, 0.1) is 0 Å². The van der Waals surface area contributed by atoms with Crippen molar-refractivity contribution in [1.82, 2.24) is 15.2 Å². The highest BCUT2D eigenvalue weighted by Gasteiger charge is 2.31. The molecule has 176 valence electrons. The van der Waals surface area contributed by atoms with Crippen LogP contribution in [0.2, 0.25) is 0 Å². The third kappa shape index (κ3) is 4.84. The maximum atomic E-state index is 12.8. The monoisotopic (exact) mass is 468 g/mol. The maximum Gasteiger partial charge on any atom is 0.573 e. The lowest BCUT2D eigenvalue weighted by atomic mass is 10.0. The first-order valence-electron chi connectivity index (χ1n) is 11.0. The first-order chi connectivity index (χ1) is 16.4. The third-order valence-corrected chi connectivity index (χ3v) is 6.03. The summed E-state index contributed by atoms with van der Waals surface area (Å²) in [6.07, 6.45) is -3.02. The van der Waals surface area contributed by atoms with Gasteiger partial charge in [0.25, 0.3) is 5.91 Å². The van der Waals surface area contributed by atoms with Crippen LogP contribution in [-0.4, -0.2) is 48.3 Å². The Balaban J connectivity index is 1.27. The van der Waals surface area contributed by atoms with Gasteiger partial charge in [-0.2, -0.15) is 0 Å². The summed E-state index contributed by atoms with van der Waals surface area (Å²) in [7, 11) is 0. The second kappa shape index (κ2) is 8.98. The molecule has 0 atom stereocenters. The normalized spacial score (nSPS) is 16.0. The van der Waals surface area contributed by atoms with Crippen molar-refractivity contribution in [2.45, 2.75) is 19.5 Å². The van der Waals surface area contributed by atoms with E-state index in [2.05, 4.69) is 44.2 Å². The molecule has 1 aromatic heterocycles. The Labute approximate surface area is 195 Å². The molecule has 6 nitrogen and oxygen atoms in total. The van der Waals surface area contributed by atoms with E-state index in [0.717, 1.165) is 42.9 Å². The molecule has 2 aliphatic rings. The van der Waals surface area contributed by atoms with Gasteiger partial charge in [-0.25, -0.2) is 0 Å². The van der Waals surface area contributed by atoms with Crippen LogP contribution in [0.5, 0.6) is 5.75 Å². The quantitative estimate of drug-likeness (QED) is 0.608. The lowest BCUT2D eigenvalue weighted by Crippen LogP contribution is -2.43. The van der Waals surface area contributed by atoms with Crippen molar-refractivity contribution in [3.05, 3.63) is 77.6 Å². The zero-order valence-electron chi connectivity index (χ0n) is 18.3. The van der Waals surface area contributed by atoms with Crippen molar-refractivity contribution in [3.8, 4) is 16.9 Å². The number of benzene rings is 2. The standard InChI is InChI=1S/C25H23F3N4O2/c26-25(27,28)34-22-7-1-17(2-8-22)15-32-16-20-13-19(14-30-23(20)24(32)33)18-3-5-21(6-4-18)31-11-9-29-10-12-31/h1-8,13-14,29H,9-12,15-16H2. The SMILES string of the molecule is O=C1c2ncc(-c3ccc(N4CCNCC4)cc3)cc2CN1Cc1ccc(OC(F)(F)F)cc1. The Morgan fingerprint density at radius 2 is 1.68 bits per heavy atom. The molecule has 34 heavy (non-hydrogen) atoms. The van der Waals surface area contributed by atoms with Gasteiger partial charge >= 0.3 is 6.36 Å². The van der Waals surface area contributed by atoms with Crippen LogP contribution in [-0.2, 0) is 13.1 Å². The average Bonchev–Trinajstić information content (AvgIpc) is 3.14. The molecular weight excluding hydrogens is 445 g/mol. The second-order valence-corrected chi connectivity index (χ2v) is 8.37. The molecule has 0 bridgehead atoms. The van der Waals surface area contributed by atoms with Gasteiger partial charge in [-0.1, -0.05) is 24.3 Å². The van der Waals surface area contributed by atoms with Gasteiger partial charge < -0.3 is 19.9 Å². The van der Waals surface area contributed by atoms with Crippen molar-refractivity contribution in [3.63, 3.8) is 0 Å². The summed E-state index contributed by atoms with van der Waals surface area (Å²) in [5, 5.41) is 3.35. The maximum absolute atomic E-state index is 12.8. The van der Waals surface area contributed by atoms with E-state index in [1.54, 1.807) is 11.1 Å². The topological polar surface area (TPSA) is 57.7 Å². The Kier molecular flexibility index (Phi) is 5.87. The molecule has 1 fully saturated rings. The number of carbonyl (C=O) groups excluding carboxylic acids is 1. The highest BCUT2D eigenvalue weighted by Crippen LogP contribution is 2.30. The van der Waals surface area contributed by atoms with E-state index in [-0.39, 0.29) is 18.2 Å². The predicted molar refractivity (Wildman–Crippen MR) is 121 cm³/mol. The van der Waals surface area contributed by atoms with E-state index in [1.807, 2.05) is 6.07 Å². The number of aromatic nitrogens is 1. The first-order valence-corrected chi connectivity index (χ1v) is 11.0. The van der Waals surface area contributed by atoms with E-state index in [9.17, 15) is 18.0 Å². The van der Waals surface area contributed by atoms with Crippen molar-refractivity contribution >= 4 is 11.6 Å². The van der Waals surface area contributed by atoms with Crippen LogP contribution in [0.25, 0.3) is 11.1 Å². The summed E-state index contributed by atoms with van der Waals surface area (Å²) in [6.45, 7) is 4.59. The number of pyridine rings is 1. The summed E-state index contributed by atoms with van der Waals surface area (Å²) in [6, 6.07) is 15.9. The van der Waals surface area contributed by atoms with Crippen LogP contribution >= 0.6 is 0 Å². The number of nitrogens with zero attached hydrogens (tertiary/aromatic N) is 3. The number of carbonyl (C=O) groups is 1. The Bertz CT molecular complexity index is 1170. The number of rotatable bonds is 5. The molecule has 0 aliphatic carbocycles. The number of hydrogen-bond acceptors (Lipinski definition) is 5. The Hall–Kier alpha value is -3.59. The number of amides is 1. The van der Waals surface area contributed by atoms with Gasteiger partial charge in [0.05, 0.1) is 0 Å². The molecule has 0 spiro atoms. The summed E-state index contributed by atoms with van der Waals surface area (Å²) in [5.74, 6) is -0.479. The van der Waals surface area contributed by atoms with E-state index >= 15 is 0 Å². The van der Waals surface area contributed by atoms with E-state index < -0.39 is 6.36 Å². The lowest BCUT2D eigenvalue weighted by molar-refractivity contribution is -0.274. The van der Waals surface area contributed by atoms with Crippen LogP contribution in [0.15, 0.2) is 60.8 Å². The Morgan fingerprint density at radius 1 is 0.971 bits per heavy atom. The highest BCUT2D eigenvalue weighted by molar-refractivity contribution is 5.96. The molecule has 2 aliphatic heterocycles. The number of hydrogen-bond donors (Lipinski definition) is 1. The number of alkyl halides is 3. The van der Waals surface area contributed by atoms with E-state index in [4.69, 9.17) is 0 Å². The van der Waals surface area contributed by atoms with Crippen LogP contribution in [0.1, 0.15) is 21.6 Å². The number of halogens is 3. The van der Waals surface area contributed by atoms with Crippen LogP contribution in [0.3, 0.4) is 0 Å². The van der Waals surface area contributed by atoms with Crippen molar-refractivity contribution in [1.29, 1.82) is 0 Å². The van der Waals surface area contributed by atoms with Crippen molar-refractivity contribution < 1.29 is 22.7 Å². The van der Waals surface area contributed by atoms with E-state index in [1.165, 1.54) is 30.0 Å². The van der Waals surface area contributed by atoms with Gasteiger partial charge in [-0.05, 0) is 41.5 Å². The molecule has 0 saturated carbocycles. The summed E-state index contributed by atoms with van der Waals surface area (Å²) >= 11 is 0. The molecule has 3 heterocycles. The van der Waals surface area contributed by atoms with Gasteiger partial charge in [0.15, 0.2) is 0 Å². The lowest BCUT2D eigenvalue weighted by Gasteiger charge is -2.29. The number of anilines is 1. The van der Waals surface area contributed by atoms with Crippen molar-refractivity contribution in [2.24, 2.45) is 0 Å². The largest absolute Gasteiger partial charge is 0.573 e. The fourth-order valence-electron chi connectivity index (χ4n) is 4.34. The molecule has 1 N–H and O–H groups in total. The van der Waals surface area contributed by atoms with E-state index in [0.29, 0.717) is 17.8 Å². The smallest absolute Gasteiger partial charge is 0.406 e. The molecular formula is C25H23F3N4O2. The zero-order valence-corrected chi connectivity index (χ0v) is 18.3. The third-order valence-electron chi connectivity index (χ3n) is 6.03. The molecule has 3 aromatic rings. The average molecular weight is 468 g/mol. The summed E-state index contributed by atoms with van der Waals surface area (Å²) in [4.78, 5) is 21.2. The van der Waals surface area contributed by atoms with Gasteiger partial charge in [0.1, 0.15) is 11.4 Å². The number of ether oxygens (including phenoxy) is 1. The Morgan fingerprint density at radius 3 is 2.35 bits per heavy atom. The van der Waals surface area contributed by atoms with Gasteiger partial charge in [0.2, 0.25) is 0 Å². The molecule has 1 saturated heterocycles. The second-order valence-electron chi connectivity index (χ2n) is 8.37. The first kappa shape index (κ1) is 22.2. The molecule has 0 unspecified atom stereocenters. The number of piperazine rings is 1. The molecule has 9 heteroatoms. The summed E-state index contributed by atoms with van der Waals surface area (Å²) in [5.41, 5.74) is 5.12. The minimum atomic E-state index is -4.73. The number of nitrogens with one attached hydrogen (secondary N) is 1. The fraction of sp³-hybridized carbons (Fsp3) is 0.280. The highest BCUT2D eigenvalue weighted by atomic mass is 19.4. The minimum Gasteiger partial charge on any atom is -0.406 e. The van der Waals surface area contributed by atoms with Crippen LogP contribution < -0.4 is 15.0 Å². The van der Waals surface area contributed by atoms with Gasteiger partial charge in [0, 0.05) is 62.3 Å². The zero-order chi connectivity index (χ0) is 23.7. The van der Waals surface area contributed by atoms with Crippen molar-refractivity contribution in [2.75, 3.05) is 31.1 Å². The minimum absolute atomic E-state index is 0.189. The van der Waals surface area contributed by atoms with Gasteiger partial charge in [-0.15, -0.1) is 13.2 Å². The predicted octanol–water partition coefficient (Wildman–Crippen LogP) is 4.21. The molecule has 1 amide bonds. The van der Waals surface area contributed by atoms with Crippen LogP contribution in [0.4, 0.5) is 18.9 Å². The molecule has 5 rings (SSSR count). The molecule has 0 radical (unpaired) electrons. The summed E-state index contributed by atoms with van der Waals surface area (Å²) < 4.78 is 40.9. The fourth-order valence-corrected chi connectivity index (χ4v) is 4.34. The number of fused-ring (bicyclic) bond motifs is 1.